The van der Waals surface area contributed by atoms with E-state index in [1.807, 2.05) is 6.07 Å². The lowest BCUT2D eigenvalue weighted by Gasteiger charge is -2.14. The van der Waals surface area contributed by atoms with Crippen molar-refractivity contribution in [3.8, 4) is 11.3 Å². The van der Waals surface area contributed by atoms with Gasteiger partial charge in [-0.1, -0.05) is 36.4 Å². The fourth-order valence-electron chi connectivity index (χ4n) is 4.06. The van der Waals surface area contributed by atoms with E-state index in [0.29, 0.717) is 0 Å². The molecule has 0 bridgehead atoms. The van der Waals surface area contributed by atoms with Crippen molar-refractivity contribution in [2.75, 3.05) is 30.3 Å². The quantitative estimate of drug-likeness (QED) is 0.554. The molecule has 5 nitrogen and oxygen atoms in total. The maximum atomic E-state index is 4.46. The van der Waals surface area contributed by atoms with E-state index in [1.54, 1.807) is 6.33 Å². The third kappa shape index (κ3) is 4.62. The fourth-order valence-corrected chi connectivity index (χ4v) is 4.06. The summed E-state index contributed by atoms with van der Waals surface area (Å²) in [5.41, 5.74) is 7.55. The summed E-state index contributed by atoms with van der Waals surface area (Å²) in [6.07, 6.45) is 6.51. The fraction of sp³-hybridized carbons (Fsp3) is 0.360. The zero-order valence-corrected chi connectivity index (χ0v) is 17.3. The van der Waals surface area contributed by atoms with Crippen molar-refractivity contribution < 1.29 is 0 Å². The number of aromatic nitrogens is 2. The Kier molecular flexibility index (Phi) is 5.62. The molecular formula is C25H29N5. The van der Waals surface area contributed by atoms with E-state index in [4.69, 9.17) is 0 Å². The first kappa shape index (κ1) is 19.1. The third-order valence-electron chi connectivity index (χ3n) is 6.06. The molecular weight excluding hydrogens is 370 g/mol. The van der Waals surface area contributed by atoms with Crippen molar-refractivity contribution in [3.05, 3.63) is 71.5 Å². The second-order valence-corrected chi connectivity index (χ2v) is 8.36. The minimum absolute atomic E-state index is 0.822. The van der Waals surface area contributed by atoms with Crippen molar-refractivity contribution in [1.82, 2.24) is 15.3 Å². The first-order valence-electron chi connectivity index (χ1n) is 11.1. The van der Waals surface area contributed by atoms with Crippen LogP contribution in [-0.4, -0.2) is 29.6 Å². The van der Waals surface area contributed by atoms with Gasteiger partial charge >= 0.3 is 0 Å². The predicted octanol–water partition coefficient (Wildman–Crippen LogP) is 4.27. The highest BCUT2D eigenvalue weighted by molar-refractivity contribution is 5.62. The summed E-state index contributed by atoms with van der Waals surface area (Å²) >= 11 is 0. The summed E-state index contributed by atoms with van der Waals surface area (Å²) < 4.78 is 0. The molecule has 2 aliphatic rings. The first-order valence-corrected chi connectivity index (χ1v) is 11.1. The molecule has 0 spiro atoms. The molecule has 154 valence electrons. The lowest BCUT2D eigenvalue weighted by Crippen LogP contribution is -2.16. The second kappa shape index (κ2) is 8.84. The maximum absolute atomic E-state index is 4.46. The average molecular weight is 400 g/mol. The normalized spacial score (nSPS) is 15.9. The lowest BCUT2D eigenvalue weighted by atomic mass is 10.0. The van der Waals surface area contributed by atoms with Crippen molar-refractivity contribution >= 4 is 11.5 Å². The van der Waals surface area contributed by atoms with Gasteiger partial charge in [0.25, 0.3) is 0 Å². The molecule has 1 aliphatic carbocycles. The molecule has 1 fully saturated rings. The van der Waals surface area contributed by atoms with Gasteiger partial charge in [0, 0.05) is 30.4 Å². The van der Waals surface area contributed by atoms with Gasteiger partial charge in [-0.15, -0.1) is 0 Å². The van der Waals surface area contributed by atoms with E-state index in [-0.39, 0.29) is 0 Å². The third-order valence-corrected chi connectivity index (χ3v) is 6.06. The number of hydrogen-bond acceptors (Lipinski definition) is 5. The first-order chi connectivity index (χ1) is 14.8. The average Bonchev–Trinajstić information content (AvgIpc) is 3.64. The van der Waals surface area contributed by atoms with Crippen LogP contribution in [0, 0.1) is 5.92 Å². The van der Waals surface area contributed by atoms with Gasteiger partial charge in [0.1, 0.15) is 12.1 Å². The van der Waals surface area contributed by atoms with Gasteiger partial charge in [0.2, 0.25) is 0 Å². The summed E-state index contributed by atoms with van der Waals surface area (Å²) in [6, 6.07) is 17.4. The molecule has 0 saturated heterocycles. The Morgan fingerprint density at radius 1 is 0.933 bits per heavy atom. The predicted molar refractivity (Wildman–Crippen MR) is 123 cm³/mol. The molecule has 5 heteroatoms. The molecule has 1 aromatic heterocycles. The van der Waals surface area contributed by atoms with E-state index < -0.39 is 0 Å². The van der Waals surface area contributed by atoms with Crippen molar-refractivity contribution in [3.63, 3.8) is 0 Å². The number of benzene rings is 2. The van der Waals surface area contributed by atoms with Crippen LogP contribution < -0.4 is 16.0 Å². The molecule has 0 unspecified atom stereocenters. The van der Waals surface area contributed by atoms with Crippen LogP contribution in [0.4, 0.5) is 11.5 Å². The minimum Gasteiger partial charge on any atom is -0.381 e. The number of rotatable bonds is 7. The van der Waals surface area contributed by atoms with E-state index in [2.05, 4.69) is 68.4 Å². The van der Waals surface area contributed by atoms with E-state index in [0.717, 1.165) is 62.0 Å². The second-order valence-electron chi connectivity index (χ2n) is 8.36. The van der Waals surface area contributed by atoms with Crippen LogP contribution >= 0.6 is 0 Å². The van der Waals surface area contributed by atoms with E-state index in [9.17, 15) is 0 Å². The SMILES string of the molecule is c1cc2c(c(NCc3ccc(-c4cc(NCC5CC5)ncn4)cc3)c1)CCNCC2. The Labute approximate surface area is 178 Å². The number of anilines is 2. The summed E-state index contributed by atoms with van der Waals surface area (Å²) in [5, 5.41) is 10.6. The Morgan fingerprint density at radius 2 is 1.80 bits per heavy atom. The smallest absolute Gasteiger partial charge is 0.129 e. The van der Waals surface area contributed by atoms with Gasteiger partial charge in [0.15, 0.2) is 0 Å². The standard InChI is InChI=1S/C25H29N5/c1-2-20-10-12-26-13-11-22(20)23(3-1)27-15-19-6-8-21(9-7-19)24-14-25(30-17-29-24)28-16-18-4-5-18/h1-3,6-9,14,17-18,26-27H,4-5,10-13,15-16H2,(H,28,29,30). The van der Waals surface area contributed by atoms with Crippen LogP contribution in [0.15, 0.2) is 54.9 Å². The molecule has 1 aliphatic heterocycles. The zero-order valence-electron chi connectivity index (χ0n) is 17.3. The molecule has 3 aromatic rings. The minimum atomic E-state index is 0.822. The van der Waals surface area contributed by atoms with Crippen molar-refractivity contribution in [2.45, 2.75) is 32.2 Å². The highest BCUT2D eigenvalue weighted by atomic mass is 15.0. The molecule has 1 saturated carbocycles. The highest BCUT2D eigenvalue weighted by Crippen LogP contribution is 2.29. The Bertz CT molecular complexity index is 995. The summed E-state index contributed by atoms with van der Waals surface area (Å²) in [4.78, 5) is 8.81. The van der Waals surface area contributed by atoms with Gasteiger partial charge in [-0.05, 0) is 67.4 Å². The maximum Gasteiger partial charge on any atom is 0.129 e. The highest BCUT2D eigenvalue weighted by Gasteiger charge is 2.20. The van der Waals surface area contributed by atoms with Crippen LogP contribution in [0.2, 0.25) is 0 Å². The topological polar surface area (TPSA) is 61.9 Å². The monoisotopic (exact) mass is 399 g/mol. The van der Waals surface area contributed by atoms with Crippen molar-refractivity contribution in [2.24, 2.45) is 5.92 Å². The lowest BCUT2D eigenvalue weighted by molar-refractivity contribution is 0.711. The number of fused-ring (bicyclic) bond motifs is 1. The number of nitrogens with zero attached hydrogens (tertiary/aromatic N) is 2. The Morgan fingerprint density at radius 3 is 2.67 bits per heavy atom. The molecule has 30 heavy (non-hydrogen) atoms. The van der Waals surface area contributed by atoms with Gasteiger partial charge in [-0.3, -0.25) is 0 Å². The van der Waals surface area contributed by atoms with Gasteiger partial charge in [-0.25, -0.2) is 9.97 Å². The molecule has 3 N–H and O–H groups in total. The Hall–Kier alpha value is -2.92. The molecule has 5 rings (SSSR count). The van der Waals surface area contributed by atoms with Crippen LogP contribution in [0.3, 0.4) is 0 Å². The number of hydrogen-bond donors (Lipinski definition) is 3. The van der Waals surface area contributed by atoms with Crippen LogP contribution in [0.25, 0.3) is 11.3 Å². The molecule has 0 atom stereocenters. The van der Waals surface area contributed by atoms with Gasteiger partial charge in [-0.2, -0.15) is 0 Å². The van der Waals surface area contributed by atoms with E-state index >= 15 is 0 Å². The van der Waals surface area contributed by atoms with Crippen LogP contribution in [0.1, 0.15) is 29.5 Å². The molecule has 2 heterocycles. The zero-order chi connectivity index (χ0) is 20.2. The molecule has 2 aromatic carbocycles. The van der Waals surface area contributed by atoms with Gasteiger partial charge < -0.3 is 16.0 Å². The van der Waals surface area contributed by atoms with Gasteiger partial charge in [0.05, 0.1) is 5.69 Å². The summed E-state index contributed by atoms with van der Waals surface area (Å²) in [6.45, 7) is 3.96. The number of nitrogens with one attached hydrogen (secondary N) is 3. The largest absolute Gasteiger partial charge is 0.381 e. The van der Waals surface area contributed by atoms with Crippen molar-refractivity contribution in [1.29, 1.82) is 0 Å². The van der Waals surface area contributed by atoms with Crippen LogP contribution in [-0.2, 0) is 19.4 Å². The summed E-state index contributed by atoms with van der Waals surface area (Å²) in [5.74, 6) is 1.74. The van der Waals surface area contributed by atoms with E-state index in [1.165, 1.54) is 35.2 Å². The summed E-state index contributed by atoms with van der Waals surface area (Å²) in [7, 11) is 0. The Balaban J connectivity index is 1.24. The van der Waals surface area contributed by atoms with Crippen LogP contribution in [0.5, 0.6) is 0 Å². The molecule has 0 amide bonds. The molecule has 0 radical (unpaired) electrons.